The molecular formula is C13H18BrN3O2. The van der Waals surface area contributed by atoms with Crippen molar-refractivity contribution in [2.75, 3.05) is 32.6 Å². The zero-order valence-electron chi connectivity index (χ0n) is 11.1. The standard InChI is InChI=1S/C13H18BrN3O2/c1-15-12-11(6-9(14)7-16-12)13(18)17(2)8-10-4-3-5-19-10/h6-7,10H,3-5,8H2,1-2H3,(H,15,16). The van der Waals surface area contributed by atoms with Gasteiger partial charge < -0.3 is 15.0 Å². The van der Waals surface area contributed by atoms with Crippen LogP contribution in [0.5, 0.6) is 0 Å². The second-order valence-corrected chi connectivity index (χ2v) is 5.54. The molecule has 1 aliphatic heterocycles. The van der Waals surface area contributed by atoms with Crippen LogP contribution in [0.3, 0.4) is 0 Å². The third-order valence-electron chi connectivity index (χ3n) is 3.17. The maximum Gasteiger partial charge on any atom is 0.257 e. The van der Waals surface area contributed by atoms with Gasteiger partial charge in [-0.05, 0) is 34.8 Å². The molecule has 0 spiro atoms. The minimum Gasteiger partial charge on any atom is -0.376 e. The van der Waals surface area contributed by atoms with Gasteiger partial charge in [0.05, 0.1) is 11.7 Å². The summed E-state index contributed by atoms with van der Waals surface area (Å²) in [6.45, 7) is 1.42. The Morgan fingerprint density at radius 1 is 1.68 bits per heavy atom. The van der Waals surface area contributed by atoms with Gasteiger partial charge in [0, 0.05) is 37.9 Å². The van der Waals surface area contributed by atoms with E-state index in [9.17, 15) is 4.79 Å². The summed E-state index contributed by atoms with van der Waals surface area (Å²) < 4.78 is 6.35. The number of anilines is 1. The molecule has 0 radical (unpaired) electrons. The van der Waals surface area contributed by atoms with Crippen molar-refractivity contribution in [3.8, 4) is 0 Å². The van der Waals surface area contributed by atoms with Gasteiger partial charge in [0.2, 0.25) is 0 Å². The van der Waals surface area contributed by atoms with Crippen LogP contribution in [0.4, 0.5) is 5.82 Å². The van der Waals surface area contributed by atoms with E-state index in [-0.39, 0.29) is 12.0 Å². The lowest BCUT2D eigenvalue weighted by Gasteiger charge is -2.21. The first kappa shape index (κ1) is 14.3. The molecule has 0 saturated carbocycles. The van der Waals surface area contributed by atoms with Gasteiger partial charge in [0.1, 0.15) is 5.82 Å². The van der Waals surface area contributed by atoms with Crippen LogP contribution in [0.15, 0.2) is 16.7 Å². The second-order valence-electron chi connectivity index (χ2n) is 4.62. The largest absolute Gasteiger partial charge is 0.376 e. The summed E-state index contributed by atoms with van der Waals surface area (Å²) in [5, 5.41) is 2.94. The third kappa shape index (κ3) is 3.45. The fraction of sp³-hybridized carbons (Fsp3) is 0.538. The number of rotatable bonds is 4. The normalized spacial score (nSPS) is 18.4. The maximum atomic E-state index is 12.4. The first-order valence-corrected chi connectivity index (χ1v) is 7.11. The van der Waals surface area contributed by atoms with E-state index in [2.05, 4.69) is 26.2 Å². The lowest BCUT2D eigenvalue weighted by molar-refractivity contribution is 0.0587. The molecule has 1 saturated heterocycles. The number of carbonyl (C=O) groups is 1. The van der Waals surface area contributed by atoms with Gasteiger partial charge in [-0.15, -0.1) is 0 Å². The highest BCUT2D eigenvalue weighted by molar-refractivity contribution is 9.10. The first-order valence-electron chi connectivity index (χ1n) is 6.32. The summed E-state index contributed by atoms with van der Waals surface area (Å²) >= 11 is 3.35. The Labute approximate surface area is 121 Å². The van der Waals surface area contributed by atoms with Crippen LogP contribution in [0.25, 0.3) is 0 Å². The van der Waals surface area contributed by atoms with Crippen molar-refractivity contribution in [2.24, 2.45) is 0 Å². The van der Waals surface area contributed by atoms with Crippen molar-refractivity contribution in [2.45, 2.75) is 18.9 Å². The predicted molar refractivity (Wildman–Crippen MR) is 77.4 cm³/mol. The summed E-state index contributed by atoms with van der Waals surface area (Å²) in [5.41, 5.74) is 0.567. The van der Waals surface area contributed by atoms with Gasteiger partial charge in [-0.25, -0.2) is 4.98 Å². The number of ether oxygens (including phenoxy) is 1. The van der Waals surface area contributed by atoms with E-state index in [1.54, 1.807) is 31.3 Å². The zero-order valence-corrected chi connectivity index (χ0v) is 12.7. The van der Waals surface area contributed by atoms with E-state index in [1.165, 1.54) is 0 Å². The Hall–Kier alpha value is -1.14. The molecular weight excluding hydrogens is 310 g/mol. The average Bonchev–Trinajstić information content (AvgIpc) is 2.90. The number of likely N-dealkylation sites (N-methyl/N-ethyl adjacent to an activating group) is 1. The molecule has 1 aromatic rings. The van der Waals surface area contributed by atoms with Gasteiger partial charge in [-0.2, -0.15) is 0 Å². The Bertz CT molecular complexity index is 461. The van der Waals surface area contributed by atoms with Crippen LogP contribution in [-0.4, -0.2) is 49.1 Å². The fourth-order valence-electron chi connectivity index (χ4n) is 2.18. The van der Waals surface area contributed by atoms with Gasteiger partial charge in [0.15, 0.2) is 0 Å². The van der Waals surface area contributed by atoms with Crippen molar-refractivity contribution in [3.63, 3.8) is 0 Å². The molecule has 0 aliphatic carbocycles. The second kappa shape index (κ2) is 6.34. The molecule has 1 aromatic heterocycles. The molecule has 1 N–H and O–H groups in total. The lowest BCUT2D eigenvalue weighted by atomic mass is 10.2. The SMILES string of the molecule is CNc1ncc(Br)cc1C(=O)N(C)CC1CCCO1. The Balaban J connectivity index is 2.11. The number of aromatic nitrogens is 1. The van der Waals surface area contributed by atoms with Crippen LogP contribution < -0.4 is 5.32 Å². The summed E-state index contributed by atoms with van der Waals surface area (Å²) in [5.74, 6) is 0.543. The van der Waals surface area contributed by atoms with E-state index >= 15 is 0 Å². The number of hydrogen-bond donors (Lipinski definition) is 1. The van der Waals surface area contributed by atoms with Gasteiger partial charge in [-0.3, -0.25) is 4.79 Å². The summed E-state index contributed by atoms with van der Waals surface area (Å²) in [6.07, 6.45) is 3.93. The van der Waals surface area contributed by atoms with Crippen molar-refractivity contribution < 1.29 is 9.53 Å². The molecule has 1 aliphatic rings. The summed E-state index contributed by atoms with van der Waals surface area (Å²) in [6, 6.07) is 1.78. The highest BCUT2D eigenvalue weighted by Crippen LogP contribution is 2.20. The summed E-state index contributed by atoms with van der Waals surface area (Å²) in [4.78, 5) is 18.3. The number of nitrogens with zero attached hydrogens (tertiary/aromatic N) is 2. The van der Waals surface area contributed by atoms with Crippen molar-refractivity contribution in [1.29, 1.82) is 0 Å². The van der Waals surface area contributed by atoms with E-state index in [0.717, 1.165) is 23.9 Å². The number of pyridine rings is 1. The van der Waals surface area contributed by atoms with Crippen LogP contribution in [0, 0.1) is 0 Å². The average molecular weight is 328 g/mol. The smallest absolute Gasteiger partial charge is 0.257 e. The van der Waals surface area contributed by atoms with E-state index in [4.69, 9.17) is 4.74 Å². The topological polar surface area (TPSA) is 54.5 Å². The zero-order chi connectivity index (χ0) is 13.8. The van der Waals surface area contributed by atoms with Crippen LogP contribution in [0.2, 0.25) is 0 Å². The monoisotopic (exact) mass is 327 g/mol. The Kier molecular flexibility index (Phi) is 4.76. The maximum absolute atomic E-state index is 12.4. The van der Waals surface area contributed by atoms with Crippen LogP contribution in [-0.2, 0) is 4.74 Å². The molecule has 104 valence electrons. The van der Waals surface area contributed by atoms with E-state index in [1.807, 2.05) is 0 Å². The lowest BCUT2D eigenvalue weighted by Crippen LogP contribution is -2.34. The molecule has 6 heteroatoms. The molecule has 19 heavy (non-hydrogen) atoms. The summed E-state index contributed by atoms with van der Waals surface area (Å²) in [7, 11) is 3.55. The van der Waals surface area contributed by atoms with Crippen molar-refractivity contribution >= 4 is 27.7 Å². The number of hydrogen-bond acceptors (Lipinski definition) is 4. The first-order chi connectivity index (χ1) is 9.11. The van der Waals surface area contributed by atoms with E-state index in [0.29, 0.717) is 17.9 Å². The molecule has 1 atom stereocenters. The fourth-order valence-corrected chi connectivity index (χ4v) is 2.52. The minimum absolute atomic E-state index is 0.0475. The molecule has 0 aromatic carbocycles. The molecule has 2 heterocycles. The van der Waals surface area contributed by atoms with Gasteiger partial charge in [0.25, 0.3) is 5.91 Å². The highest BCUT2D eigenvalue weighted by Gasteiger charge is 2.22. The van der Waals surface area contributed by atoms with E-state index < -0.39 is 0 Å². The van der Waals surface area contributed by atoms with Crippen molar-refractivity contribution in [1.82, 2.24) is 9.88 Å². The van der Waals surface area contributed by atoms with Crippen LogP contribution >= 0.6 is 15.9 Å². The number of carbonyl (C=O) groups excluding carboxylic acids is 1. The quantitative estimate of drug-likeness (QED) is 0.920. The molecule has 1 amide bonds. The third-order valence-corrected chi connectivity index (χ3v) is 3.60. The molecule has 1 fully saturated rings. The Morgan fingerprint density at radius 3 is 3.11 bits per heavy atom. The predicted octanol–water partition coefficient (Wildman–Crippen LogP) is 2.14. The van der Waals surface area contributed by atoms with Gasteiger partial charge in [-0.1, -0.05) is 0 Å². The molecule has 0 bridgehead atoms. The molecule has 2 rings (SSSR count). The number of halogens is 1. The molecule has 1 unspecified atom stereocenters. The molecule has 5 nitrogen and oxygen atoms in total. The van der Waals surface area contributed by atoms with Crippen molar-refractivity contribution in [3.05, 3.63) is 22.3 Å². The minimum atomic E-state index is -0.0475. The highest BCUT2D eigenvalue weighted by atomic mass is 79.9. The van der Waals surface area contributed by atoms with Crippen LogP contribution in [0.1, 0.15) is 23.2 Å². The number of nitrogens with one attached hydrogen (secondary N) is 1. The number of amides is 1. The van der Waals surface area contributed by atoms with Gasteiger partial charge >= 0.3 is 0 Å². The Morgan fingerprint density at radius 2 is 2.47 bits per heavy atom.